The lowest BCUT2D eigenvalue weighted by Gasteiger charge is -2.24. The number of hydrogen-bond donors (Lipinski definition) is 0. The fourth-order valence-electron chi connectivity index (χ4n) is 2.09. The van der Waals surface area contributed by atoms with Crippen molar-refractivity contribution >= 4 is 19.2 Å². The summed E-state index contributed by atoms with van der Waals surface area (Å²) in [5.41, 5.74) is 2.12. The normalized spacial score (nSPS) is 18.7. The summed E-state index contributed by atoms with van der Waals surface area (Å²) in [5.74, 6) is 0.672. The molecule has 0 amide bonds. The van der Waals surface area contributed by atoms with Crippen molar-refractivity contribution in [3.8, 4) is 6.07 Å². The van der Waals surface area contributed by atoms with Gasteiger partial charge in [-0.3, -0.25) is 0 Å². The maximum Gasteiger partial charge on any atom is 0.165 e. The Morgan fingerprint density at radius 2 is 1.80 bits per heavy atom. The van der Waals surface area contributed by atoms with Crippen molar-refractivity contribution < 1.29 is 0 Å². The first kappa shape index (κ1) is 10.7. The Hall–Kier alpha value is -0.783. The minimum absolute atomic E-state index is 0.525. The smallest absolute Gasteiger partial charge is 0.165 e. The number of halogens is 1. The summed E-state index contributed by atoms with van der Waals surface area (Å²) in [7, 11) is -0.525. The van der Waals surface area contributed by atoms with Gasteiger partial charge in [-0.1, -0.05) is 12.1 Å². The van der Waals surface area contributed by atoms with Crippen molar-refractivity contribution in [2.45, 2.75) is 30.8 Å². The van der Waals surface area contributed by atoms with Crippen molar-refractivity contribution in [2.24, 2.45) is 0 Å². The highest BCUT2D eigenvalue weighted by Gasteiger charge is 2.22. The van der Waals surface area contributed by atoms with E-state index in [4.69, 9.17) is 16.3 Å². The summed E-state index contributed by atoms with van der Waals surface area (Å²) >= 11 is 6.18. The van der Waals surface area contributed by atoms with E-state index in [0.717, 1.165) is 5.56 Å². The molecule has 0 atom stereocenters. The third-order valence-electron chi connectivity index (χ3n) is 3.04. The first-order valence-corrected chi connectivity index (χ1v) is 8.22. The molecule has 1 aliphatic heterocycles. The Balaban J connectivity index is 2.07. The van der Waals surface area contributed by atoms with Gasteiger partial charge in [0.05, 0.1) is 11.6 Å². The van der Waals surface area contributed by atoms with E-state index in [2.05, 4.69) is 18.2 Å². The highest BCUT2D eigenvalue weighted by molar-refractivity contribution is 7.07. The van der Waals surface area contributed by atoms with Gasteiger partial charge in [-0.2, -0.15) is 16.3 Å². The van der Waals surface area contributed by atoms with Crippen LogP contribution in [-0.2, 0) is 0 Å². The molecule has 1 radical (unpaired) electrons. The molecular formula is C12H13ClNSi. The van der Waals surface area contributed by atoms with Gasteiger partial charge in [-0.25, -0.2) is 0 Å². The Labute approximate surface area is 97.0 Å². The topological polar surface area (TPSA) is 23.8 Å². The fourth-order valence-corrected chi connectivity index (χ4v) is 4.32. The monoisotopic (exact) mass is 234 g/mol. The van der Waals surface area contributed by atoms with Gasteiger partial charge in [0, 0.05) is 0 Å². The van der Waals surface area contributed by atoms with Gasteiger partial charge in [0.25, 0.3) is 0 Å². The van der Waals surface area contributed by atoms with Crippen molar-refractivity contribution in [1.29, 1.82) is 5.26 Å². The average Bonchev–Trinajstić information content (AvgIpc) is 2.30. The number of hydrogen-bond acceptors (Lipinski definition) is 1. The molecule has 1 aromatic rings. The Morgan fingerprint density at radius 1 is 1.20 bits per heavy atom. The molecule has 1 aliphatic rings. The van der Waals surface area contributed by atoms with Gasteiger partial charge in [0.1, 0.15) is 0 Å². The minimum Gasteiger partial charge on any atom is -0.192 e. The van der Waals surface area contributed by atoms with Gasteiger partial charge in [-0.05, 0) is 48.5 Å². The predicted molar refractivity (Wildman–Crippen MR) is 64.4 cm³/mol. The molecule has 77 valence electrons. The molecule has 2 rings (SSSR count). The van der Waals surface area contributed by atoms with Crippen LogP contribution in [0.5, 0.6) is 0 Å². The lowest BCUT2D eigenvalue weighted by Crippen LogP contribution is -2.14. The van der Waals surface area contributed by atoms with Crippen molar-refractivity contribution in [2.75, 3.05) is 0 Å². The quantitative estimate of drug-likeness (QED) is 0.537. The molecule has 0 bridgehead atoms. The summed E-state index contributed by atoms with van der Waals surface area (Å²) in [6, 6.07) is 12.6. The molecule has 0 saturated carbocycles. The van der Waals surface area contributed by atoms with Crippen LogP contribution < -0.4 is 0 Å². The molecule has 1 nitrogen and oxygen atoms in total. The molecule has 3 heteroatoms. The van der Waals surface area contributed by atoms with E-state index >= 15 is 0 Å². The summed E-state index contributed by atoms with van der Waals surface area (Å²) < 4.78 is 0. The Morgan fingerprint density at radius 3 is 2.33 bits per heavy atom. The second kappa shape index (κ2) is 4.83. The van der Waals surface area contributed by atoms with Gasteiger partial charge in [0.15, 0.2) is 8.11 Å². The van der Waals surface area contributed by atoms with E-state index in [0.29, 0.717) is 5.92 Å². The maximum atomic E-state index is 8.71. The standard InChI is InChI=1S/C12H13ClNSi/c13-15-7-5-12(6-8-15)11-3-1-10(9-14)2-4-11/h1-4,12H,5-8H2. The van der Waals surface area contributed by atoms with Crippen LogP contribution in [0.4, 0.5) is 0 Å². The van der Waals surface area contributed by atoms with Crippen LogP contribution in [0.2, 0.25) is 12.1 Å². The third-order valence-corrected chi connectivity index (χ3v) is 5.84. The molecule has 1 saturated heterocycles. The van der Waals surface area contributed by atoms with E-state index < -0.39 is 8.11 Å². The summed E-state index contributed by atoms with van der Waals surface area (Å²) in [6.45, 7) is 0. The lowest BCUT2D eigenvalue weighted by molar-refractivity contribution is 0.613. The highest BCUT2D eigenvalue weighted by Crippen LogP contribution is 2.34. The van der Waals surface area contributed by atoms with Crippen LogP contribution in [0.3, 0.4) is 0 Å². The van der Waals surface area contributed by atoms with E-state index in [9.17, 15) is 0 Å². The van der Waals surface area contributed by atoms with Crippen molar-refractivity contribution in [1.82, 2.24) is 0 Å². The second-order valence-electron chi connectivity index (χ2n) is 4.03. The van der Waals surface area contributed by atoms with Crippen molar-refractivity contribution in [3.05, 3.63) is 35.4 Å². The van der Waals surface area contributed by atoms with Crippen LogP contribution in [0.1, 0.15) is 29.9 Å². The molecule has 0 aromatic heterocycles. The zero-order chi connectivity index (χ0) is 10.7. The predicted octanol–water partition coefficient (Wildman–Crippen LogP) is 3.67. The van der Waals surface area contributed by atoms with Crippen LogP contribution >= 0.6 is 11.1 Å². The molecule has 15 heavy (non-hydrogen) atoms. The highest BCUT2D eigenvalue weighted by atomic mass is 35.6. The van der Waals surface area contributed by atoms with Crippen LogP contribution in [-0.4, -0.2) is 8.11 Å². The van der Waals surface area contributed by atoms with Gasteiger partial charge >= 0.3 is 0 Å². The summed E-state index contributed by atoms with van der Waals surface area (Å²) in [5, 5.41) is 8.71. The molecular weight excluding hydrogens is 222 g/mol. The van der Waals surface area contributed by atoms with E-state index in [1.165, 1.54) is 30.5 Å². The molecule has 0 aliphatic carbocycles. The SMILES string of the molecule is N#Cc1ccc(C2CC[Si](Cl)CC2)cc1. The number of nitriles is 1. The number of nitrogens with zero attached hydrogens (tertiary/aromatic N) is 1. The Bertz CT molecular complexity index is 360. The molecule has 0 unspecified atom stereocenters. The van der Waals surface area contributed by atoms with Gasteiger partial charge in [0.2, 0.25) is 0 Å². The number of rotatable bonds is 1. The number of benzene rings is 1. The van der Waals surface area contributed by atoms with E-state index in [1.54, 1.807) is 0 Å². The van der Waals surface area contributed by atoms with Crippen molar-refractivity contribution in [3.63, 3.8) is 0 Å². The first-order valence-electron chi connectivity index (χ1n) is 5.30. The minimum atomic E-state index is -0.525. The molecule has 0 spiro atoms. The third kappa shape index (κ3) is 2.62. The second-order valence-corrected chi connectivity index (χ2v) is 7.66. The van der Waals surface area contributed by atoms with Gasteiger partial charge < -0.3 is 0 Å². The zero-order valence-electron chi connectivity index (χ0n) is 8.54. The summed E-state index contributed by atoms with van der Waals surface area (Å²) in [6.07, 6.45) is 2.45. The fraction of sp³-hybridized carbons (Fsp3) is 0.417. The van der Waals surface area contributed by atoms with Gasteiger partial charge in [-0.15, -0.1) is 0 Å². The van der Waals surface area contributed by atoms with E-state index in [-0.39, 0.29) is 0 Å². The first-order chi connectivity index (χ1) is 7.29. The lowest BCUT2D eigenvalue weighted by atomic mass is 9.93. The maximum absolute atomic E-state index is 8.71. The van der Waals surface area contributed by atoms with E-state index in [1.807, 2.05) is 12.1 Å². The average molecular weight is 235 g/mol. The molecule has 1 fully saturated rings. The molecule has 1 aromatic carbocycles. The van der Waals surface area contributed by atoms with Crippen LogP contribution in [0, 0.1) is 11.3 Å². The van der Waals surface area contributed by atoms with Crippen LogP contribution in [0.15, 0.2) is 24.3 Å². The summed E-state index contributed by atoms with van der Waals surface area (Å²) in [4.78, 5) is 0. The Kier molecular flexibility index (Phi) is 3.45. The largest absolute Gasteiger partial charge is 0.192 e. The molecule has 0 N–H and O–H groups in total. The zero-order valence-corrected chi connectivity index (χ0v) is 10.3. The molecule has 1 heterocycles. The van der Waals surface area contributed by atoms with Crippen LogP contribution in [0.25, 0.3) is 0 Å².